The fraction of sp³-hybridized carbons (Fsp3) is 0.0833. The molecule has 3 aromatic rings. The fourth-order valence-electron chi connectivity index (χ4n) is 1.72. The molecule has 2 N–H and O–H groups in total. The van der Waals surface area contributed by atoms with E-state index in [-0.39, 0.29) is 5.69 Å². The zero-order valence-electron chi connectivity index (χ0n) is 9.71. The summed E-state index contributed by atoms with van der Waals surface area (Å²) in [6.45, 7) is 2.01. The molecule has 0 saturated carbocycles. The van der Waals surface area contributed by atoms with Gasteiger partial charge in [-0.3, -0.25) is 5.43 Å². The Morgan fingerprint density at radius 1 is 1.28 bits per heavy atom. The van der Waals surface area contributed by atoms with Gasteiger partial charge in [0.15, 0.2) is 5.65 Å². The van der Waals surface area contributed by atoms with Gasteiger partial charge >= 0.3 is 5.69 Å². The van der Waals surface area contributed by atoms with Crippen LogP contribution in [0, 0.1) is 6.92 Å². The highest BCUT2D eigenvalue weighted by Crippen LogP contribution is 2.10. The van der Waals surface area contributed by atoms with Gasteiger partial charge in [0.25, 0.3) is 0 Å². The van der Waals surface area contributed by atoms with Crippen LogP contribution in [0.2, 0.25) is 0 Å². The molecule has 0 amide bonds. The van der Waals surface area contributed by atoms with E-state index in [1.807, 2.05) is 31.2 Å². The van der Waals surface area contributed by atoms with Crippen LogP contribution in [-0.2, 0) is 0 Å². The number of hydrogen-bond donors (Lipinski definition) is 2. The molecule has 18 heavy (non-hydrogen) atoms. The maximum atomic E-state index is 11.8. The third kappa shape index (κ3) is 1.73. The number of nitrogens with one attached hydrogen (secondary N) is 2. The van der Waals surface area contributed by atoms with E-state index in [0.717, 1.165) is 11.3 Å². The maximum absolute atomic E-state index is 11.8. The molecule has 3 rings (SSSR count). The number of anilines is 1. The number of hydrogen-bond acceptors (Lipinski definition) is 4. The lowest BCUT2D eigenvalue weighted by molar-refractivity contribution is 0.914. The SMILES string of the molecule is Cc1ccc(Nn2c(=O)[nH]c3cncnc32)cc1. The lowest BCUT2D eigenvalue weighted by Gasteiger charge is -2.06. The van der Waals surface area contributed by atoms with Gasteiger partial charge in [0.1, 0.15) is 11.8 Å². The van der Waals surface area contributed by atoms with Crippen LogP contribution in [-0.4, -0.2) is 19.6 Å². The molecule has 2 aromatic heterocycles. The Bertz CT molecular complexity index is 741. The second-order valence-electron chi connectivity index (χ2n) is 4.00. The molecule has 6 heteroatoms. The van der Waals surface area contributed by atoms with E-state index in [0.29, 0.717) is 11.2 Å². The Balaban J connectivity index is 2.07. The Labute approximate surface area is 102 Å². The highest BCUT2D eigenvalue weighted by atomic mass is 16.2. The summed E-state index contributed by atoms with van der Waals surface area (Å²) in [5, 5.41) is 0. The first kappa shape index (κ1) is 10.5. The molecule has 6 nitrogen and oxygen atoms in total. The van der Waals surface area contributed by atoms with E-state index in [1.165, 1.54) is 11.0 Å². The molecule has 0 bridgehead atoms. The number of H-pyrrole nitrogens is 1. The summed E-state index contributed by atoms with van der Waals surface area (Å²) in [5.41, 5.74) is 5.84. The Hall–Kier alpha value is -2.63. The Morgan fingerprint density at radius 2 is 2.06 bits per heavy atom. The highest BCUT2D eigenvalue weighted by Gasteiger charge is 2.07. The first-order valence-electron chi connectivity index (χ1n) is 5.48. The number of benzene rings is 1. The van der Waals surface area contributed by atoms with Crippen LogP contribution in [0.4, 0.5) is 5.69 Å². The smallest absolute Gasteiger partial charge is 0.301 e. The van der Waals surface area contributed by atoms with E-state index in [4.69, 9.17) is 0 Å². The number of aryl methyl sites for hydroxylation is 1. The van der Waals surface area contributed by atoms with Crippen LogP contribution in [0.1, 0.15) is 5.56 Å². The van der Waals surface area contributed by atoms with E-state index < -0.39 is 0 Å². The summed E-state index contributed by atoms with van der Waals surface area (Å²) in [7, 11) is 0. The van der Waals surface area contributed by atoms with Crippen molar-refractivity contribution in [3.05, 3.63) is 52.8 Å². The summed E-state index contributed by atoms with van der Waals surface area (Å²) < 4.78 is 1.36. The molecule has 2 heterocycles. The zero-order chi connectivity index (χ0) is 12.5. The van der Waals surface area contributed by atoms with Gasteiger partial charge in [-0.25, -0.2) is 14.8 Å². The maximum Gasteiger partial charge on any atom is 0.346 e. The van der Waals surface area contributed by atoms with Gasteiger partial charge in [-0.2, -0.15) is 4.68 Å². The molecule has 0 fully saturated rings. The average Bonchev–Trinajstić information content (AvgIpc) is 2.69. The number of imidazole rings is 1. The molecule has 0 radical (unpaired) electrons. The van der Waals surface area contributed by atoms with Crippen molar-refractivity contribution in [2.75, 3.05) is 5.43 Å². The van der Waals surface area contributed by atoms with Gasteiger partial charge < -0.3 is 4.98 Å². The summed E-state index contributed by atoms with van der Waals surface area (Å²) in [5.74, 6) is 0. The van der Waals surface area contributed by atoms with Crippen LogP contribution in [0.5, 0.6) is 0 Å². The van der Waals surface area contributed by atoms with Crippen LogP contribution in [0.3, 0.4) is 0 Å². The van der Waals surface area contributed by atoms with E-state index >= 15 is 0 Å². The topological polar surface area (TPSA) is 75.6 Å². The molecule has 0 aliphatic rings. The Morgan fingerprint density at radius 3 is 2.83 bits per heavy atom. The van der Waals surface area contributed by atoms with Gasteiger partial charge in [-0.15, -0.1) is 0 Å². The molecule has 0 atom stereocenters. The van der Waals surface area contributed by atoms with Gasteiger partial charge in [-0.05, 0) is 19.1 Å². The zero-order valence-corrected chi connectivity index (χ0v) is 9.71. The summed E-state index contributed by atoms with van der Waals surface area (Å²) in [6.07, 6.45) is 2.97. The largest absolute Gasteiger partial charge is 0.346 e. The summed E-state index contributed by atoms with van der Waals surface area (Å²) in [6, 6.07) is 7.75. The van der Waals surface area contributed by atoms with Crippen LogP contribution in [0.25, 0.3) is 11.2 Å². The third-order valence-corrected chi connectivity index (χ3v) is 2.64. The standard InChI is InChI=1S/C12H11N5O/c1-8-2-4-9(5-3-8)16-17-11-10(15-12(17)18)6-13-7-14-11/h2-7,16H,1H3,(H,15,18). The molecule has 0 unspecified atom stereocenters. The number of fused-ring (bicyclic) bond motifs is 1. The molecule has 0 spiro atoms. The van der Waals surface area contributed by atoms with Crippen molar-refractivity contribution in [1.82, 2.24) is 19.6 Å². The van der Waals surface area contributed by atoms with Crippen LogP contribution < -0.4 is 11.1 Å². The second kappa shape index (κ2) is 3.99. The van der Waals surface area contributed by atoms with Crippen molar-refractivity contribution in [2.45, 2.75) is 6.92 Å². The first-order valence-corrected chi connectivity index (χ1v) is 5.48. The van der Waals surface area contributed by atoms with Crippen molar-refractivity contribution < 1.29 is 0 Å². The molecule has 1 aromatic carbocycles. The van der Waals surface area contributed by atoms with Gasteiger partial charge in [-0.1, -0.05) is 17.7 Å². The van der Waals surface area contributed by atoms with Crippen LogP contribution in [0.15, 0.2) is 41.6 Å². The number of nitrogens with zero attached hydrogens (tertiary/aromatic N) is 3. The van der Waals surface area contributed by atoms with Crippen molar-refractivity contribution in [3.63, 3.8) is 0 Å². The minimum absolute atomic E-state index is 0.272. The minimum atomic E-state index is -0.272. The van der Waals surface area contributed by atoms with E-state index in [2.05, 4.69) is 20.4 Å². The lowest BCUT2D eigenvalue weighted by atomic mass is 10.2. The Kier molecular flexibility index (Phi) is 2.33. The molecule has 90 valence electrons. The van der Waals surface area contributed by atoms with E-state index in [9.17, 15) is 4.79 Å². The lowest BCUT2D eigenvalue weighted by Crippen LogP contribution is -2.23. The molecular weight excluding hydrogens is 230 g/mol. The first-order chi connectivity index (χ1) is 8.74. The van der Waals surface area contributed by atoms with Crippen molar-refractivity contribution in [2.24, 2.45) is 0 Å². The molecule has 0 aliphatic heterocycles. The fourth-order valence-corrected chi connectivity index (χ4v) is 1.72. The number of rotatable bonds is 2. The third-order valence-electron chi connectivity index (χ3n) is 2.64. The number of aromatic nitrogens is 4. The van der Waals surface area contributed by atoms with Gasteiger partial charge in [0.05, 0.1) is 11.9 Å². The van der Waals surface area contributed by atoms with E-state index in [1.54, 1.807) is 6.20 Å². The van der Waals surface area contributed by atoms with Crippen molar-refractivity contribution in [3.8, 4) is 0 Å². The molecule has 0 saturated heterocycles. The second-order valence-corrected chi connectivity index (χ2v) is 4.00. The monoisotopic (exact) mass is 241 g/mol. The van der Waals surface area contributed by atoms with Crippen molar-refractivity contribution >= 4 is 16.9 Å². The summed E-state index contributed by atoms with van der Waals surface area (Å²) >= 11 is 0. The van der Waals surface area contributed by atoms with Gasteiger partial charge in [0, 0.05) is 0 Å². The predicted octanol–water partition coefficient (Wildman–Crippen LogP) is 1.30. The predicted molar refractivity (Wildman–Crippen MR) is 68.3 cm³/mol. The minimum Gasteiger partial charge on any atom is -0.301 e. The molecular formula is C12H11N5O. The highest BCUT2D eigenvalue weighted by molar-refractivity contribution is 5.69. The average molecular weight is 241 g/mol. The van der Waals surface area contributed by atoms with Crippen LogP contribution >= 0.6 is 0 Å². The summed E-state index contributed by atoms with van der Waals surface area (Å²) in [4.78, 5) is 22.4. The van der Waals surface area contributed by atoms with Crippen molar-refractivity contribution in [1.29, 1.82) is 0 Å². The quantitative estimate of drug-likeness (QED) is 0.709. The van der Waals surface area contributed by atoms with Gasteiger partial charge in [0.2, 0.25) is 0 Å². The molecule has 0 aliphatic carbocycles. The number of aromatic amines is 1. The normalized spacial score (nSPS) is 10.7.